The van der Waals surface area contributed by atoms with Gasteiger partial charge in [0.2, 0.25) is 11.6 Å². The Morgan fingerprint density at radius 3 is 2.95 bits per heavy atom. The summed E-state index contributed by atoms with van der Waals surface area (Å²) in [6, 6.07) is 9.08. The van der Waals surface area contributed by atoms with Gasteiger partial charge in [-0.15, -0.1) is 0 Å². The molecule has 0 fully saturated rings. The fourth-order valence-electron chi connectivity index (χ4n) is 1.56. The van der Waals surface area contributed by atoms with Crippen LogP contribution in [0.3, 0.4) is 0 Å². The third kappa shape index (κ3) is 3.49. The molecule has 2 heterocycles. The summed E-state index contributed by atoms with van der Waals surface area (Å²) in [6.45, 7) is 4.37. The Bertz CT molecular complexity index is 584. The van der Waals surface area contributed by atoms with Gasteiger partial charge in [0.25, 0.3) is 0 Å². The van der Waals surface area contributed by atoms with E-state index in [1.54, 1.807) is 18.3 Å². The van der Waals surface area contributed by atoms with Gasteiger partial charge in [-0.25, -0.2) is 4.98 Å². The second kappa shape index (κ2) is 5.91. The molecule has 0 amide bonds. The van der Waals surface area contributed by atoms with E-state index in [0.29, 0.717) is 23.9 Å². The number of anilines is 1. The van der Waals surface area contributed by atoms with Crippen LogP contribution in [0.15, 0.2) is 34.9 Å². The minimum atomic E-state index is 0.0595. The Kier molecular flexibility index (Phi) is 4.04. The Balaban J connectivity index is 2.05. The van der Waals surface area contributed by atoms with Crippen LogP contribution in [0.2, 0.25) is 0 Å². The quantitative estimate of drug-likeness (QED) is 0.891. The van der Waals surface area contributed by atoms with Crippen LogP contribution in [-0.2, 0) is 6.54 Å². The van der Waals surface area contributed by atoms with Gasteiger partial charge >= 0.3 is 0 Å². The van der Waals surface area contributed by atoms with Crippen molar-refractivity contribution >= 4 is 5.69 Å². The fraction of sp³-hybridized carbons (Fsp3) is 0.286. The van der Waals surface area contributed by atoms with Crippen LogP contribution in [0, 0.1) is 11.3 Å². The summed E-state index contributed by atoms with van der Waals surface area (Å²) < 4.78 is 10.9. The van der Waals surface area contributed by atoms with Crippen LogP contribution >= 0.6 is 0 Å². The zero-order valence-electron chi connectivity index (χ0n) is 10.9. The number of nitrogens with zero attached hydrogens (tertiary/aromatic N) is 2. The van der Waals surface area contributed by atoms with Crippen LogP contribution < -0.4 is 10.1 Å². The molecule has 0 aliphatic carbocycles. The maximum absolute atomic E-state index is 8.69. The number of rotatable bonds is 5. The molecule has 1 N–H and O–H groups in total. The zero-order chi connectivity index (χ0) is 13.7. The van der Waals surface area contributed by atoms with E-state index in [1.165, 1.54) is 0 Å². The van der Waals surface area contributed by atoms with Crippen molar-refractivity contribution in [2.24, 2.45) is 0 Å². The molecule has 0 radical (unpaired) electrons. The molecule has 0 aliphatic rings. The lowest BCUT2D eigenvalue weighted by molar-refractivity contribution is 0.234. The number of nitriles is 1. The van der Waals surface area contributed by atoms with E-state index in [0.717, 1.165) is 5.69 Å². The average Bonchev–Trinajstić information content (AvgIpc) is 2.85. The van der Waals surface area contributed by atoms with E-state index in [-0.39, 0.29) is 6.10 Å². The molecule has 5 nitrogen and oxygen atoms in total. The molecule has 0 spiro atoms. The summed E-state index contributed by atoms with van der Waals surface area (Å²) in [5.41, 5.74) is 0.797. The highest BCUT2D eigenvalue weighted by molar-refractivity contribution is 5.52. The van der Waals surface area contributed by atoms with Crippen molar-refractivity contribution in [3.05, 3.63) is 42.0 Å². The molecule has 0 bridgehead atoms. The highest BCUT2D eigenvalue weighted by atomic mass is 16.5. The van der Waals surface area contributed by atoms with Gasteiger partial charge < -0.3 is 14.5 Å². The van der Waals surface area contributed by atoms with Crippen LogP contribution in [0.4, 0.5) is 5.69 Å². The van der Waals surface area contributed by atoms with E-state index in [1.807, 2.05) is 32.0 Å². The second-order valence-electron chi connectivity index (χ2n) is 4.25. The summed E-state index contributed by atoms with van der Waals surface area (Å²) in [6.07, 6.45) is 1.74. The van der Waals surface area contributed by atoms with Gasteiger partial charge in [0.1, 0.15) is 11.8 Å². The third-order valence-electron chi connectivity index (χ3n) is 2.34. The second-order valence-corrected chi connectivity index (χ2v) is 4.25. The Hall–Kier alpha value is -2.48. The Labute approximate surface area is 111 Å². The lowest BCUT2D eigenvalue weighted by Crippen LogP contribution is -2.09. The highest BCUT2D eigenvalue weighted by Crippen LogP contribution is 2.22. The van der Waals surface area contributed by atoms with Crippen molar-refractivity contribution in [2.75, 3.05) is 5.32 Å². The Morgan fingerprint density at radius 1 is 1.42 bits per heavy atom. The molecular formula is C14H15N3O2. The zero-order valence-corrected chi connectivity index (χ0v) is 10.9. The van der Waals surface area contributed by atoms with Gasteiger partial charge in [-0.1, -0.05) is 0 Å². The number of ether oxygens (including phenoxy) is 1. The van der Waals surface area contributed by atoms with Crippen molar-refractivity contribution in [2.45, 2.75) is 26.5 Å². The van der Waals surface area contributed by atoms with Gasteiger partial charge in [0, 0.05) is 6.20 Å². The lowest BCUT2D eigenvalue weighted by atomic mass is 10.3. The summed E-state index contributed by atoms with van der Waals surface area (Å²) in [5.74, 6) is 1.56. The van der Waals surface area contributed by atoms with Crippen molar-refractivity contribution < 1.29 is 9.15 Å². The maximum atomic E-state index is 8.69. The average molecular weight is 257 g/mol. The summed E-state index contributed by atoms with van der Waals surface area (Å²) in [5, 5.41) is 11.9. The first kappa shape index (κ1) is 13.0. The summed E-state index contributed by atoms with van der Waals surface area (Å²) in [4.78, 5) is 4.18. The van der Waals surface area contributed by atoms with Gasteiger partial charge in [0.05, 0.1) is 18.3 Å². The number of aromatic nitrogens is 1. The number of furan rings is 1. The molecule has 0 unspecified atom stereocenters. The smallest absolute Gasteiger partial charge is 0.237 e. The van der Waals surface area contributed by atoms with Gasteiger partial charge in [0.15, 0.2) is 0 Å². The molecule has 0 saturated heterocycles. The molecule has 2 aromatic heterocycles. The number of hydrogen-bond donors (Lipinski definition) is 1. The van der Waals surface area contributed by atoms with Crippen LogP contribution in [0.5, 0.6) is 5.88 Å². The fourth-order valence-corrected chi connectivity index (χ4v) is 1.56. The molecule has 2 rings (SSSR count). The minimum absolute atomic E-state index is 0.0595. The first-order valence-corrected chi connectivity index (χ1v) is 6.03. The molecule has 19 heavy (non-hydrogen) atoms. The predicted molar refractivity (Wildman–Crippen MR) is 70.8 cm³/mol. The molecular weight excluding hydrogens is 242 g/mol. The molecule has 0 aliphatic heterocycles. The SMILES string of the molecule is CC(C)Oc1ncccc1NCc1ccc(C#N)o1. The van der Waals surface area contributed by atoms with E-state index in [2.05, 4.69) is 10.3 Å². The standard InChI is InChI=1S/C14H15N3O2/c1-10(2)18-14-13(4-3-7-16-14)17-9-12-6-5-11(8-15)19-12/h3-7,10,17H,9H2,1-2H3. The van der Waals surface area contributed by atoms with Crippen molar-refractivity contribution in [3.8, 4) is 11.9 Å². The van der Waals surface area contributed by atoms with Crippen molar-refractivity contribution in [3.63, 3.8) is 0 Å². The van der Waals surface area contributed by atoms with Crippen LogP contribution in [-0.4, -0.2) is 11.1 Å². The van der Waals surface area contributed by atoms with E-state index in [9.17, 15) is 0 Å². The maximum Gasteiger partial charge on any atom is 0.237 e. The number of hydrogen-bond acceptors (Lipinski definition) is 5. The number of pyridine rings is 1. The molecule has 2 aromatic rings. The largest absolute Gasteiger partial charge is 0.473 e. The normalized spacial score (nSPS) is 10.2. The van der Waals surface area contributed by atoms with Crippen LogP contribution in [0.1, 0.15) is 25.4 Å². The predicted octanol–water partition coefficient (Wildman–Crippen LogP) is 2.95. The van der Waals surface area contributed by atoms with Gasteiger partial charge in [-0.3, -0.25) is 0 Å². The first-order valence-electron chi connectivity index (χ1n) is 6.03. The Morgan fingerprint density at radius 2 is 2.26 bits per heavy atom. The van der Waals surface area contributed by atoms with Crippen molar-refractivity contribution in [1.29, 1.82) is 5.26 Å². The molecule has 5 heteroatoms. The van der Waals surface area contributed by atoms with E-state index in [4.69, 9.17) is 14.4 Å². The van der Waals surface area contributed by atoms with Crippen LogP contribution in [0.25, 0.3) is 0 Å². The summed E-state index contributed by atoms with van der Waals surface area (Å²) >= 11 is 0. The third-order valence-corrected chi connectivity index (χ3v) is 2.34. The number of nitrogens with one attached hydrogen (secondary N) is 1. The summed E-state index contributed by atoms with van der Waals surface area (Å²) in [7, 11) is 0. The molecule has 0 aromatic carbocycles. The molecule has 98 valence electrons. The minimum Gasteiger partial charge on any atom is -0.473 e. The first-order chi connectivity index (χ1) is 9.19. The van der Waals surface area contributed by atoms with E-state index < -0.39 is 0 Å². The topological polar surface area (TPSA) is 71.1 Å². The van der Waals surface area contributed by atoms with E-state index >= 15 is 0 Å². The molecule has 0 saturated carbocycles. The van der Waals surface area contributed by atoms with Gasteiger partial charge in [-0.05, 0) is 38.1 Å². The van der Waals surface area contributed by atoms with Crippen molar-refractivity contribution in [1.82, 2.24) is 4.98 Å². The highest BCUT2D eigenvalue weighted by Gasteiger charge is 2.07. The molecule has 0 atom stereocenters. The monoisotopic (exact) mass is 257 g/mol. The van der Waals surface area contributed by atoms with Gasteiger partial charge in [-0.2, -0.15) is 5.26 Å². The lowest BCUT2D eigenvalue weighted by Gasteiger charge is -2.13.